The molecule has 1 rings (SSSR count). The standard InChI is InChI=1S/C10H12ClN3O2S/c1-16-6-9(15)13-14-10(17)12-8-5-3-2-4-7(8)11/h2-5H,6H2,1H3,(H,13,15)(H2,12,14,17). The molecule has 0 aliphatic rings. The van der Waals surface area contributed by atoms with Crippen LogP contribution in [0.15, 0.2) is 24.3 Å². The highest BCUT2D eigenvalue weighted by atomic mass is 35.5. The molecule has 0 saturated carbocycles. The second kappa shape index (κ2) is 7.05. The monoisotopic (exact) mass is 273 g/mol. The fourth-order valence-electron chi connectivity index (χ4n) is 1.01. The Morgan fingerprint density at radius 1 is 1.41 bits per heavy atom. The first-order valence-corrected chi connectivity index (χ1v) is 5.51. The number of carbonyl (C=O) groups is 1. The summed E-state index contributed by atoms with van der Waals surface area (Å²) in [6, 6.07) is 7.13. The minimum absolute atomic E-state index is 0.0400. The molecule has 17 heavy (non-hydrogen) atoms. The van der Waals surface area contributed by atoms with Crippen molar-refractivity contribution in [3.05, 3.63) is 29.3 Å². The molecule has 0 aromatic heterocycles. The van der Waals surface area contributed by atoms with E-state index in [0.29, 0.717) is 10.7 Å². The lowest BCUT2D eigenvalue weighted by atomic mass is 10.3. The van der Waals surface area contributed by atoms with Gasteiger partial charge in [-0.3, -0.25) is 15.6 Å². The normalized spacial score (nSPS) is 9.53. The van der Waals surface area contributed by atoms with E-state index in [2.05, 4.69) is 20.9 Å². The maximum absolute atomic E-state index is 11.1. The molecule has 0 aliphatic heterocycles. The van der Waals surface area contributed by atoms with Gasteiger partial charge in [0.15, 0.2) is 5.11 Å². The number of carbonyl (C=O) groups excluding carboxylic acids is 1. The van der Waals surface area contributed by atoms with Gasteiger partial charge >= 0.3 is 0 Å². The zero-order chi connectivity index (χ0) is 12.7. The molecule has 0 unspecified atom stereocenters. The van der Waals surface area contributed by atoms with E-state index in [-0.39, 0.29) is 17.6 Å². The summed E-state index contributed by atoms with van der Waals surface area (Å²) in [7, 11) is 1.43. The van der Waals surface area contributed by atoms with Gasteiger partial charge in [0, 0.05) is 7.11 Å². The molecule has 0 fully saturated rings. The van der Waals surface area contributed by atoms with Crippen LogP contribution in [-0.4, -0.2) is 24.7 Å². The SMILES string of the molecule is COCC(=O)NNC(=S)Nc1ccccc1Cl. The average Bonchev–Trinajstić information content (AvgIpc) is 2.30. The summed E-state index contributed by atoms with van der Waals surface area (Å²) in [6.07, 6.45) is 0. The summed E-state index contributed by atoms with van der Waals surface area (Å²) < 4.78 is 4.64. The molecule has 1 amide bonds. The number of hydrazine groups is 1. The van der Waals surface area contributed by atoms with Gasteiger partial charge in [-0.25, -0.2) is 0 Å². The second-order valence-corrected chi connectivity index (χ2v) is 3.86. The third kappa shape index (κ3) is 4.99. The second-order valence-electron chi connectivity index (χ2n) is 3.04. The minimum Gasteiger partial charge on any atom is -0.375 e. The van der Waals surface area contributed by atoms with E-state index >= 15 is 0 Å². The molecule has 3 N–H and O–H groups in total. The Balaban J connectivity index is 2.40. The first kappa shape index (κ1) is 13.7. The van der Waals surface area contributed by atoms with Crippen LogP contribution in [-0.2, 0) is 9.53 Å². The lowest BCUT2D eigenvalue weighted by Gasteiger charge is -2.12. The zero-order valence-electron chi connectivity index (χ0n) is 9.12. The largest absolute Gasteiger partial charge is 0.375 e. The molecule has 0 radical (unpaired) electrons. The van der Waals surface area contributed by atoms with Crippen molar-refractivity contribution in [1.82, 2.24) is 10.9 Å². The van der Waals surface area contributed by atoms with Crippen LogP contribution in [0.3, 0.4) is 0 Å². The third-order valence-electron chi connectivity index (χ3n) is 1.71. The summed E-state index contributed by atoms with van der Waals surface area (Å²) >= 11 is 10.9. The number of hydrogen-bond acceptors (Lipinski definition) is 3. The summed E-state index contributed by atoms with van der Waals surface area (Å²) in [6.45, 7) is -0.0400. The lowest BCUT2D eigenvalue weighted by Crippen LogP contribution is -2.45. The maximum Gasteiger partial charge on any atom is 0.264 e. The number of hydrogen-bond donors (Lipinski definition) is 3. The number of benzene rings is 1. The molecule has 0 spiro atoms. The quantitative estimate of drug-likeness (QED) is 0.572. The fourth-order valence-corrected chi connectivity index (χ4v) is 1.35. The highest BCUT2D eigenvalue weighted by molar-refractivity contribution is 7.80. The Bertz CT molecular complexity index is 414. The Morgan fingerprint density at radius 2 is 2.12 bits per heavy atom. The van der Waals surface area contributed by atoms with Gasteiger partial charge in [-0.05, 0) is 24.4 Å². The highest BCUT2D eigenvalue weighted by Crippen LogP contribution is 2.19. The average molecular weight is 274 g/mol. The van der Waals surface area contributed by atoms with E-state index in [1.165, 1.54) is 7.11 Å². The van der Waals surface area contributed by atoms with E-state index in [1.807, 2.05) is 12.1 Å². The molecule has 1 aromatic rings. The molecular weight excluding hydrogens is 262 g/mol. The smallest absolute Gasteiger partial charge is 0.264 e. The Hall–Kier alpha value is -1.37. The van der Waals surface area contributed by atoms with Gasteiger partial charge in [-0.15, -0.1) is 0 Å². The topological polar surface area (TPSA) is 62.4 Å². The third-order valence-corrected chi connectivity index (χ3v) is 2.25. The van der Waals surface area contributed by atoms with Crippen molar-refractivity contribution >= 4 is 40.5 Å². The minimum atomic E-state index is -0.323. The van der Waals surface area contributed by atoms with Crippen molar-refractivity contribution in [2.45, 2.75) is 0 Å². The fraction of sp³-hybridized carbons (Fsp3) is 0.200. The van der Waals surface area contributed by atoms with Gasteiger partial charge in [0.1, 0.15) is 6.61 Å². The first-order valence-electron chi connectivity index (χ1n) is 4.73. The van der Waals surface area contributed by atoms with Crippen LogP contribution >= 0.6 is 23.8 Å². The molecule has 7 heteroatoms. The van der Waals surface area contributed by atoms with Crippen LogP contribution in [0.2, 0.25) is 5.02 Å². The number of amides is 1. The molecule has 0 atom stereocenters. The number of methoxy groups -OCH3 is 1. The van der Waals surface area contributed by atoms with Crippen molar-refractivity contribution in [2.24, 2.45) is 0 Å². The molecule has 0 saturated heterocycles. The lowest BCUT2D eigenvalue weighted by molar-refractivity contribution is -0.125. The van der Waals surface area contributed by atoms with Crippen LogP contribution < -0.4 is 16.2 Å². The van der Waals surface area contributed by atoms with Gasteiger partial charge < -0.3 is 10.1 Å². The summed E-state index contributed by atoms with van der Waals surface area (Å²) in [4.78, 5) is 11.1. The summed E-state index contributed by atoms with van der Waals surface area (Å²) in [5.41, 5.74) is 5.55. The summed E-state index contributed by atoms with van der Waals surface area (Å²) in [5.74, 6) is -0.323. The van der Waals surface area contributed by atoms with Crippen LogP contribution in [0.5, 0.6) is 0 Å². The van der Waals surface area contributed by atoms with E-state index in [9.17, 15) is 4.79 Å². The molecular formula is C10H12ClN3O2S. The Labute approximate surface area is 109 Å². The maximum atomic E-state index is 11.1. The van der Waals surface area contributed by atoms with Crippen molar-refractivity contribution in [3.63, 3.8) is 0 Å². The number of ether oxygens (including phenoxy) is 1. The molecule has 5 nitrogen and oxygen atoms in total. The number of anilines is 1. The Morgan fingerprint density at radius 3 is 2.76 bits per heavy atom. The van der Waals surface area contributed by atoms with Gasteiger partial charge in [0.05, 0.1) is 10.7 Å². The van der Waals surface area contributed by atoms with Crippen LogP contribution in [0.4, 0.5) is 5.69 Å². The van der Waals surface area contributed by atoms with Crippen molar-refractivity contribution in [3.8, 4) is 0 Å². The number of halogens is 1. The predicted molar refractivity (Wildman–Crippen MR) is 70.8 cm³/mol. The Kier molecular flexibility index (Phi) is 5.68. The number of thiocarbonyl (C=S) groups is 1. The van der Waals surface area contributed by atoms with Crippen molar-refractivity contribution in [1.29, 1.82) is 0 Å². The highest BCUT2D eigenvalue weighted by Gasteiger charge is 2.03. The number of para-hydroxylation sites is 1. The van der Waals surface area contributed by atoms with Crippen LogP contribution in [0.25, 0.3) is 0 Å². The van der Waals surface area contributed by atoms with E-state index in [0.717, 1.165) is 0 Å². The molecule has 0 heterocycles. The van der Waals surface area contributed by atoms with Crippen LogP contribution in [0.1, 0.15) is 0 Å². The number of rotatable bonds is 3. The van der Waals surface area contributed by atoms with E-state index in [1.54, 1.807) is 12.1 Å². The van der Waals surface area contributed by atoms with Crippen molar-refractivity contribution in [2.75, 3.05) is 19.0 Å². The molecule has 0 aliphatic carbocycles. The zero-order valence-corrected chi connectivity index (χ0v) is 10.7. The van der Waals surface area contributed by atoms with Gasteiger partial charge in [-0.1, -0.05) is 23.7 Å². The van der Waals surface area contributed by atoms with Gasteiger partial charge in [-0.2, -0.15) is 0 Å². The molecule has 92 valence electrons. The predicted octanol–water partition coefficient (Wildman–Crippen LogP) is 1.30. The van der Waals surface area contributed by atoms with E-state index < -0.39 is 0 Å². The number of nitrogens with one attached hydrogen (secondary N) is 3. The first-order chi connectivity index (χ1) is 8.13. The molecule has 1 aromatic carbocycles. The summed E-state index contributed by atoms with van der Waals surface area (Å²) in [5, 5.41) is 3.62. The van der Waals surface area contributed by atoms with E-state index in [4.69, 9.17) is 23.8 Å². The van der Waals surface area contributed by atoms with Crippen molar-refractivity contribution < 1.29 is 9.53 Å². The molecule has 0 bridgehead atoms. The van der Waals surface area contributed by atoms with Crippen LogP contribution in [0, 0.1) is 0 Å². The van der Waals surface area contributed by atoms with Gasteiger partial charge in [0.2, 0.25) is 0 Å². The van der Waals surface area contributed by atoms with Gasteiger partial charge in [0.25, 0.3) is 5.91 Å².